The Balaban J connectivity index is 2.48. The SMILES string of the molecule is CNC(=O)[C@H](C)N(Cc1cccc(Br)c1)C(=O)CN(c1cc(OC)ccc1OC)S(C)(=O)=O. The molecule has 0 saturated carbocycles. The zero-order chi connectivity index (χ0) is 24.8. The van der Waals surface area contributed by atoms with Crippen molar-refractivity contribution >= 4 is 43.5 Å². The van der Waals surface area contributed by atoms with Crippen LogP contribution in [-0.4, -0.2) is 65.2 Å². The Labute approximate surface area is 202 Å². The topological polar surface area (TPSA) is 105 Å². The summed E-state index contributed by atoms with van der Waals surface area (Å²) in [5, 5.41) is 2.54. The molecule has 0 bridgehead atoms. The number of hydrogen-bond acceptors (Lipinski definition) is 6. The van der Waals surface area contributed by atoms with Crippen molar-refractivity contribution in [2.75, 3.05) is 38.4 Å². The van der Waals surface area contributed by atoms with E-state index in [0.717, 1.165) is 20.6 Å². The van der Waals surface area contributed by atoms with E-state index in [0.29, 0.717) is 5.75 Å². The summed E-state index contributed by atoms with van der Waals surface area (Å²) in [6.45, 7) is 1.17. The molecule has 1 N–H and O–H groups in total. The molecule has 11 heteroatoms. The Bertz CT molecular complexity index is 1110. The van der Waals surface area contributed by atoms with Crippen LogP contribution in [-0.2, 0) is 26.2 Å². The van der Waals surface area contributed by atoms with E-state index < -0.39 is 28.5 Å². The Kier molecular flexibility index (Phi) is 9.12. The zero-order valence-electron chi connectivity index (χ0n) is 19.2. The Morgan fingerprint density at radius 2 is 1.82 bits per heavy atom. The average Bonchev–Trinajstić information content (AvgIpc) is 2.78. The first-order valence-corrected chi connectivity index (χ1v) is 12.6. The van der Waals surface area contributed by atoms with E-state index in [9.17, 15) is 18.0 Å². The van der Waals surface area contributed by atoms with Gasteiger partial charge in [-0.15, -0.1) is 0 Å². The second-order valence-corrected chi connectivity index (χ2v) is 10.1. The van der Waals surface area contributed by atoms with E-state index in [1.807, 2.05) is 24.3 Å². The molecule has 0 aromatic heterocycles. The third-order valence-electron chi connectivity index (χ3n) is 4.99. The third kappa shape index (κ3) is 6.84. The number of ether oxygens (including phenoxy) is 2. The molecule has 2 amide bonds. The Morgan fingerprint density at radius 1 is 1.12 bits per heavy atom. The number of likely N-dealkylation sites (N-methyl/N-ethyl adjacent to an activating group) is 1. The van der Waals surface area contributed by atoms with Gasteiger partial charge in [-0.2, -0.15) is 0 Å². The number of halogens is 1. The molecule has 33 heavy (non-hydrogen) atoms. The van der Waals surface area contributed by atoms with Gasteiger partial charge in [-0.25, -0.2) is 8.42 Å². The van der Waals surface area contributed by atoms with E-state index >= 15 is 0 Å². The average molecular weight is 542 g/mol. The summed E-state index contributed by atoms with van der Waals surface area (Å²) in [7, 11) is 0.438. The summed E-state index contributed by atoms with van der Waals surface area (Å²) in [5.74, 6) is -0.270. The molecule has 1 atom stereocenters. The summed E-state index contributed by atoms with van der Waals surface area (Å²) >= 11 is 3.40. The second kappa shape index (κ2) is 11.4. The Hall–Kier alpha value is -2.79. The number of benzene rings is 2. The fourth-order valence-electron chi connectivity index (χ4n) is 3.21. The first-order chi connectivity index (χ1) is 15.5. The highest BCUT2D eigenvalue weighted by atomic mass is 79.9. The number of carbonyl (C=O) groups is 2. The number of nitrogens with one attached hydrogen (secondary N) is 1. The highest BCUT2D eigenvalue weighted by molar-refractivity contribution is 9.10. The van der Waals surface area contributed by atoms with Crippen LogP contribution >= 0.6 is 15.9 Å². The molecule has 9 nitrogen and oxygen atoms in total. The predicted octanol–water partition coefficient (Wildman–Crippen LogP) is 2.40. The fraction of sp³-hybridized carbons (Fsp3) is 0.364. The molecule has 0 aliphatic rings. The molecule has 2 rings (SSSR count). The molecule has 0 saturated heterocycles. The summed E-state index contributed by atoms with van der Waals surface area (Å²) in [6.07, 6.45) is 1.00. The molecule has 0 fully saturated rings. The minimum Gasteiger partial charge on any atom is -0.497 e. The molecule has 0 spiro atoms. The van der Waals surface area contributed by atoms with Crippen molar-refractivity contribution in [1.82, 2.24) is 10.2 Å². The smallest absolute Gasteiger partial charge is 0.244 e. The zero-order valence-corrected chi connectivity index (χ0v) is 21.6. The van der Waals surface area contributed by atoms with Crippen LogP contribution in [0.25, 0.3) is 0 Å². The molecule has 0 aliphatic heterocycles. The predicted molar refractivity (Wildman–Crippen MR) is 130 cm³/mol. The summed E-state index contributed by atoms with van der Waals surface area (Å²) in [5.41, 5.74) is 0.932. The van der Waals surface area contributed by atoms with Crippen LogP contribution in [0.3, 0.4) is 0 Å². The molecule has 0 aliphatic carbocycles. The maximum atomic E-state index is 13.4. The lowest BCUT2D eigenvalue weighted by molar-refractivity contribution is -0.139. The monoisotopic (exact) mass is 541 g/mol. The Morgan fingerprint density at radius 3 is 2.36 bits per heavy atom. The van der Waals surface area contributed by atoms with Gasteiger partial charge in [0.15, 0.2) is 0 Å². The van der Waals surface area contributed by atoms with Gasteiger partial charge >= 0.3 is 0 Å². The van der Waals surface area contributed by atoms with Gasteiger partial charge < -0.3 is 19.7 Å². The normalized spacial score (nSPS) is 11.9. The molecule has 180 valence electrons. The van der Waals surface area contributed by atoms with Gasteiger partial charge in [-0.1, -0.05) is 28.1 Å². The van der Waals surface area contributed by atoms with Gasteiger partial charge in [0, 0.05) is 24.1 Å². The van der Waals surface area contributed by atoms with Crippen LogP contribution in [0.2, 0.25) is 0 Å². The standard InChI is InChI=1S/C22H28BrN3O6S/c1-15(22(28)24-2)25(13-16-7-6-8-17(23)11-16)21(27)14-26(33(5,29)30)19-12-18(31-3)9-10-20(19)32-4/h6-12,15H,13-14H2,1-5H3,(H,24,28)/t15-/m0/s1. The molecule has 2 aromatic rings. The maximum absolute atomic E-state index is 13.4. The number of sulfonamides is 1. The first kappa shape index (κ1) is 26.5. The number of nitrogens with zero attached hydrogens (tertiary/aromatic N) is 2. The van der Waals surface area contributed by atoms with E-state index in [1.165, 1.54) is 32.2 Å². The molecule has 2 aromatic carbocycles. The van der Waals surface area contributed by atoms with Crippen LogP contribution < -0.4 is 19.1 Å². The van der Waals surface area contributed by atoms with E-state index in [1.54, 1.807) is 19.1 Å². The van der Waals surface area contributed by atoms with E-state index in [2.05, 4.69) is 21.2 Å². The van der Waals surface area contributed by atoms with Gasteiger partial charge in [0.1, 0.15) is 24.1 Å². The largest absolute Gasteiger partial charge is 0.497 e. The number of hydrogen-bond donors (Lipinski definition) is 1. The lowest BCUT2D eigenvalue weighted by Crippen LogP contribution is -2.50. The third-order valence-corrected chi connectivity index (χ3v) is 6.61. The number of rotatable bonds is 10. The van der Waals surface area contributed by atoms with Gasteiger partial charge in [-0.3, -0.25) is 13.9 Å². The number of anilines is 1. The minimum atomic E-state index is -3.89. The molecule has 0 unspecified atom stereocenters. The van der Waals surface area contributed by atoms with E-state index in [-0.39, 0.29) is 23.9 Å². The second-order valence-electron chi connectivity index (χ2n) is 7.25. The van der Waals surface area contributed by atoms with E-state index in [4.69, 9.17) is 9.47 Å². The van der Waals surface area contributed by atoms with Crippen LogP contribution in [0.4, 0.5) is 5.69 Å². The minimum absolute atomic E-state index is 0.111. The molecular weight excluding hydrogens is 514 g/mol. The highest BCUT2D eigenvalue weighted by Crippen LogP contribution is 2.34. The van der Waals surface area contributed by atoms with Crippen LogP contribution in [0, 0.1) is 0 Å². The van der Waals surface area contributed by atoms with Crippen molar-refractivity contribution in [3.63, 3.8) is 0 Å². The van der Waals surface area contributed by atoms with Crippen LogP contribution in [0.15, 0.2) is 46.9 Å². The van der Waals surface area contributed by atoms with Crippen LogP contribution in [0.5, 0.6) is 11.5 Å². The van der Waals surface area contributed by atoms with Crippen molar-refractivity contribution in [3.8, 4) is 11.5 Å². The summed E-state index contributed by atoms with van der Waals surface area (Å²) in [4.78, 5) is 27.1. The lowest BCUT2D eigenvalue weighted by Gasteiger charge is -2.31. The van der Waals surface area contributed by atoms with Crippen molar-refractivity contribution in [1.29, 1.82) is 0 Å². The van der Waals surface area contributed by atoms with Gasteiger partial charge in [0.05, 0.1) is 26.2 Å². The maximum Gasteiger partial charge on any atom is 0.244 e. The lowest BCUT2D eigenvalue weighted by atomic mass is 10.1. The number of amides is 2. The van der Waals surface area contributed by atoms with Crippen molar-refractivity contribution in [3.05, 3.63) is 52.5 Å². The van der Waals surface area contributed by atoms with Gasteiger partial charge in [0.2, 0.25) is 21.8 Å². The van der Waals surface area contributed by atoms with Gasteiger partial charge in [-0.05, 0) is 36.8 Å². The molecule has 0 radical (unpaired) electrons. The quantitative estimate of drug-likeness (QED) is 0.495. The van der Waals surface area contributed by atoms with Crippen molar-refractivity contribution < 1.29 is 27.5 Å². The summed E-state index contributed by atoms with van der Waals surface area (Å²) < 4.78 is 37.7. The first-order valence-electron chi connectivity index (χ1n) is 9.97. The van der Waals surface area contributed by atoms with Gasteiger partial charge in [0.25, 0.3) is 0 Å². The molecular formula is C22H28BrN3O6S. The molecule has 0 heterocycles. The fourth-order valence-corrected chi connectivity index (χ4v) is 4.50. The van der Waals surface area contributed by atoms with Crippen molar-refractivity contribution in [2.45, 2.75) is 19.5 Å². The number of carbonyl (C=O) groups excluding carboxylic acids is 2. The van der Waals surface area contributed by atoms with Crippen LogP contribution in [0.1, 0.15) is 12.5 Å². The number of methoxy groups -OCH3 is 2. The summed E-state index contributed by atoms with van der Waals surface area (Å²) in [6, 6.07) is 11.1. The highest BCUT2D eigenvalue weighted by Gasteiger charge is 2.31. The van der Waals surface area contributed by atoms with Crippen molar-refractivity contribution in [2.24, 2.45) is 0 Å².